The van der Waals surface area contributed by atoms with Crippen molar-refractivity contribution in [3.8, 4) is 0 Å². The van der Waals surface area contributed by atoms with Crippen molar-refractivity contribution >= 4 is 23.2 Å². The first-order chi connectivity index (χ1) is 8.58. The Morgan fingerprint density at radius 2 is 2.39 bits per heavy atom. The maximum Gasteiger partial charge on any atom is 0.253 e. The highest BCUT2D eigenvalue weighted by molar-refractivity contribution is 6.34. The van der Waals surface area contributed by atoms with Crippen molar-refractivity contribution in [3.63, 3.8) is 0 Å². The summed E-state index contributed by atoms with van der Waals surface area (Å²) in [5.74, 6) is 0.209. The maximum atomic E-state index is 12.1. The first kappa shape index (κ1) is 13.2. The van der Waals surface area contributed by atoms with E-state index in [0.29, 0.717) is 28.8 Å². The summed E-state index contributed by atoms with van der Waals surface area (Å²) < 4.78 is 5.31. The molecule has 0 aliphatic carbocycles. The average Bonchev–Trinajstić information content (AvgIpc) is 2.81. The number of hydrogen-bond acceptors (Lipinski definition) is 3. The van der Waals surface area contributed by atoms with Gasteiger partial charge in [0.2, 0.25) is 0 Å². The molecular weight excluding hydrogens is 252 g/mol. The number of benzene rings is 1. The van der Waals surface area contributed by atoms with Gasteiger partial charge in [0.15, 0.2) is 0 Å². The Kier molecular flexibility index (Phi) is 4.09. The summed E-state index contributed by atoms with van der Waals surface area (Å²) in [7, 11) is 0. The molecule has 1 fully saturated rings. The second kappa shape index (κ2) is 5.59. The molecule has 1 aliphatic rings. The standard InChI is InChI=1S/C13H17ClN2O2/c1-8(9-4-5-18-7-9)16-13(17)11-3-2-10(15)6-12(11)14/h2-3,6,8-9H,4-5,7,15H2,1H3,(H,16,17). The summed E-state index contributed by atoms with van der Waals surface area (Å²) >= 11 is 6.00. The zero-order chi connectivity index (χ0) is 13.1. The minimum atomic E-state index is -0.167. The van der Waals surface area contributed by atoms with Gasteiger partial charge in [-0.3, -0.25) is 4.79 Å². The third kappa shape index (κ3) is 2.94. The van der Waals surface area contributed by atoms with Crippen LogP contribution in [0.25, 0.3) is 0 Å². The van der Waals surface area contributed by atoms with Crippen molar-refractivity contribution in [2.75, 3.05) is 18.9 Å². The Morgan fingerprint density at radius 1 is 1.61 bits per heavy atom. The topological polar surface area (TPSA) is 64.4 Å². The van der Waals surface area contributed by atoms with Gasteiger partial charge in [0, 0.05) is 24.3 Å². The lowest BCUT2D eigenvalue weighted by atomic mass is 10.0. The SMILES string of the molecule is CC(NC(=O)c1ccc(N)cc1Cl)C1CCOC1. The third-order valence-electron chi connectivity index (χ3n) is 3.27. The summed E-state index contributed by atoms with van der Waals surface area (Å²) in [6.45, 7) is 3.47. The Bertz CT molecular complexity index is 445. The molecule has 18 heavy (non-hydrogen) atoms. The fraction of sp³-hybridized carbons (Fsp3) is 0.462. The van der Waals surface area contributed by atoms with E-state index in [9.17, 15) is 4.79 Å². The van der Waals surface area contributed by atoms with E-state index in [4.69, 9.17) is 22.1 Å². The average molecular weight is 269 g/mol. The van der Waals surface area contributed by atoms with Gasteiger partial charge >= 0.3 is 0 Å². The second-order valence-electron chi connectivity index (χ2n) is 4.63. The molecule has 2 unspecified atom stereocenters. The van der Waals surface area contributed by atoms with Crippen LogP contribution in [-0.2, 0) is 4.74 Å². The lowest BCUT2D eigenvalue weighted by Crippen LogP contribution is -2.38. The van der Waals surface area contributed by atoms with Crippen LogP contribution < -0.4 is 11.1 Å². The minimum absolute atomic E-state index is 0.0774. The molecule has 0 saturated carbocycles. The molecule has 1 amide bonds. The molecule has 1 aromatic rings. The van der Waals surface area contributed by atoms with E-state index in [2.05, 4.69) is 5.32 Å². The van der Waals surface area contributed by atoms with Crippen LogP contribution in [0, 0.1) is 5.92 Å². The van der Waals surface area contributed by atoms with E-state index in [0.717, 1.165) is 13.0 Å². The van der Waals surface area contributed by atoms with Crippen LogP contribution in [-0.4, -0.2) is 25.2 Å². The normalized spacial score (nSPS) is 20.7. The Morgan fingerprint density at radius 3 is 3.00 bits per heavy atom. The number of ether oxygens (including phenoxy) is 1. The summed E-state index contributed by atoms with van der Waals surface area (Å²) in [5, 5.41) is 3.33. The van der Waals surface area contributed by atoms with Crippen molar-refractivity contribution in [2.24, 2.45) is 5.92 Å². The molecule has 1 heterocycles. The molecule has 4 nitrogen and oxygen atoms in total. The molecule has 0 aromatic heterocycles. The molecule has 0 bridgehead atoms. The van der Waals surface area contributed by atoms with Crippen molar-refractivity contribution in [1.82, 2.24) is 5.32 Å². The zero-order valence-corrected chi connectivity index (χ0v) is 11.0. The molecule has 1 aromatic carbocycles. The highest BCUT2D eigenvalue weighted by Gasteiger charge is 2.24. The number of hydrogen-bond donors (Lipinski definition) is 2. The summed E-state index contributed by atoms with van der Waals surface area (Å²) in [6.07, 6.45) is 0.983. The number of amides is 1. The number of halogens is 1. The van der Waals surface area contributed by atoms with Crippen molar-refractivity contribution in [2.45, 2.75) is 19.4 Å². The predicted molar refractivity (Wildman–Crippen MR) is 71.7 cm³/mol. The largest absolute Gasteiger partial charge is 0.399 e. The number of carbonyl (C=O) groups excluding carboxylic acids is 1. The lowest BCUT2D eigenvalue weighted by molar-refractivity contribution is 0.0922. The number of nitrogen functional groups attached to an aromatic ring is 1. The molecule has 2 atom stereocenters. The summed E-state index contributed by atoms with van der Waals surface area (Å²) in [4.78, 5) is 12.1. The molecule has 0 radical (unpaired) electrons. The van der Waals surface area contributed by atoms with Crippen LogP contribution in [0.15, 0.2) is 18.2 Å². The number of nitrogens with one attached hydrogen (secondary N) is 1. The Labute approximate surface area is 111 Å². The third-order valence-corrected chi connectivity index (χ3v) is 3.58. The highest BCUT2D eigenvalue weighted by atomic mass is 35.5. The fourth-order valence-corrected chi connectivity index (χ4v) is 2.34. The number of anilines is 1. The monoisotopic (exact) mass is 268 g/mol. The fourth-order valence-electron chi connectivity index (χ4n) is 2.06. The van der Waals surface area contributed by atoms with E-state index < -0.39 is 0 Å². The lowest BCUT2D eigenvalue weighted by Gasteiger charge is -2.19. The number of carbonyl (C=O) groups is 1. The van der Waals surface area contributed by atoms with E-state index >= 15 is 0 Å². The molecule has 5 heteroatoms. The van der Waals surface area contributed by atoms with Crippen LogP contribution in [0.1, 0.15) is 23.7 Å². The number of nitrogens with two attached hydrogens (primary N) is 1. The molecular formula is C13H17ClN2O2. The van der Waals surface area contributed by atoms with Gasteiger partial charge in [-0.15, -0.1) is 0 Å². The first-order valence-electron chi connectivity index (χ1n) is 6.01. The molecule has 2 rings (SSSR count). The van der Waals surface area contributed by atoms with Crippen LogP contribution in [0.3, 0.4) is 0 Å². The van der Waals surface area contributed by atoms with Crippen molar-refractivity contribution < 1.29 is 9.53 Å². The Hall–Kier alpha value is -1.26. The zero-order valence-electron chi connectivity index (χ0n) is 10.3. The molecule has 1 saturated heterocycles. The van der Waals surface area contributed by atoms with Gasteiger partial charge in [-0.2, -0.15) is 0 Å². The van der Waals surface area contributed by atoms with Gasteiger partial charge in [-0.1, -0.05) is 11.6 Å². The summed E-state index contributed by atoms with van der Waals surface area (Å²) in [5.41, 5.74) is 6.60. The highest BCUT2D eigenvalue weighted by Crippen LogP contribution is 2.21. The van der Waals surface area contributed by atoms with Gasteiger partial charge in [0.1, 0.15) is 0 Å². The smallest absolute Gasteiger partial charge is 0.253 e. The van der Waals surface area contributed by atoms with Crippen LogP contribution in [0.2, 0.25) is 5.02 Å². The predicted octanol–water partition coefficient (Wildman–Crippen LogP) is 2.08. The molecule has 98 valence electrons. The second-order valence-corrected chi connectivity index (χ2v) is 5.03. The van der Waals surface area contributed by atoms with Crippen molar-refractivity contribution in [3.05, 3.63) is 28.8 Å². The van der Waals surface area contributed by atoms with Gasteiger partial charge in [0.25, 0.3) is 5.91 Å². The first-order valence-corrected chi connectivity index (χ1v) is 6.39. The van der Waals surface area contributed by atoms with Gasteiger partial charge in [-0.25, -0.2) is 0 Å². The van der Waals surface area contributed by atoms with Crippen LogP contribution >= 0.6 is 11.6 Å². The van der Waals surface area contributed by atoms with Gasteiger partial charge < -0.3 is 15.8 Å². The molecule has 0 spiro atoms. The summed E-state index contributed by atoms with van der Waals surface area (Å²) in [6, 6.07) is 4.98. The Balaban J connectivity index is 2.02. The maximum absolute atomic E-state index is 12.1. The number of rotatable bonds is 3. The quantitative estimate of drug-likeness (QED) is 0.825. The van der Waals surface area contributed by atoms with Crippen LogP contribution in [0.4, 0.5) is 5.69 Å². The van der Waals surface area contributed by atoms with Gasteiger partial charge in [-0.05, 0) is 31.5 Å². The van der Waals surface area contributed by atoms with E-state index in [1.807, 2.05) is 6.92 Å². The van der Waals surface area contributed by atoms with Crippen LogP contribution in [0.5, 0.6) is 0 Å². The minimum Gasteiger partial charge on any atom is -0.399 e. The molecule has 1 aliphatic heterocycles. The molecule has 3 N–H and O–H groups in total. The van der Waals surface area contributed by atoms with Gasteiger partial charge in [0.05, 0.1) is 17.2 Å². The van der Waals surface area contributed by atoms with E-state index in [1.54, 1.807) is 18.2 Å². The van der Waals surface area contributed by atoms with E-state index in [-0.39, 0.29) is 11.9 Å². The van der Waals surface area contributed by atoms with E-state index in [1.165, 1.54) is 0 Å². The van der Waals surface area contributed by atoms with Crippen molar-refractivity contribution in [1.29, 1.82) is 0 Å².